The predicted octanol–water partition coefficient (Wildman–Crippen LogP) is 4.30. The number of halogens is 3. The Kier molecular flexibility index (Phi) is 4.95. The highest BCUT2D eigenvalue weighted by molar-refractivity contribution is 6.30. The lowest BCUT2D eigenvalue weighted by molar-refractivity contribution is -0.163. The molecule has 2 aromatic rings. The van der Waals surface area contributed by atoms with E-state index in [1.807, 2.05) is 0 Å². The van der Waals surface area contributed by atoms with E-state index in [1.165, 1.54) is 12.1 Å². The molecule has 0 aliphatic heterocycles. The van der Waals surface area contributed by atoms with Gasteiger partial charge in [0.15, 0.2) is 0 Å². The quantitative estimate of drug-likeness (QED) is 0.485. The Hall–Kier alpha value is -2.47. The summed E-state index contributed by atoms with van der Waals surface area (Å²) in [7, 11) is 0. The third-order valence-electron chi connectivity index (χ3n) is 3.22. The Balaban J connectivity index is 2.24. The predicted molar refractivity (Wildman–Crippen MR) is 82.4 cm³/mol. The number of nitrogens with zero attached hydrogens (tertiary/aromatic N) is 1. The van der Waals surface area contributed by atoms with E-state index in [0.717, 1.165) is 11.1 Å². The molecular formula is C16H12ClF2NO3. The van der Waals surface area contributed by atoms with E-state index >= 15 is 0 Å². The van der Waals surface area contributed by atoms with E-state index in [-0.39, 0.29) is 5.56 Å². The van der Waals surface area contributed by atoms with Crippen LogP contribution >= 0.6 is 11.6 Å². The molecule has 23 heavy (non-hydrogen) atoms. The molecule has 0 saturated heterocycles. The van der Waals surface area contributed by atoms with Gasteiger partial charge >= 0.3 is 11.9 Å². The van der Waals surface area contributed by atoms with Gasteiger partial charge in [0.1, 0.15) is 0 Å². The number of benzene rings is 2. The molecule has 7 heteroatoms. The molecule has 0 radical (unpaired) electrons. The monoisotopic (exact) mass is 339 g/mol. The van der Waals surface area contributed by atoms with Crippen molar-refractivity contribution in [3.05, 3.63) is 59.1 Å². The lowest BCUT2D eigenvalue weighted by Gasteiger charge is -2.12. The molecule has 120 valence electrons. The van der Waals surface area contributed by atoms with Crippen LogP contribution in [0.4, 0.5) is 8.78 Å². The number of carboxylic acid groups (broad SMARTS) is 1. The van der Waals surface area contributed by atoms with Crippen LogP contribution in [0.5, 0.6) is 0 Å². The van der Waals surface area contributed by atoms with Crippen LogP contribution in [0.2, 0.25) is 5.02 Å². The number of hydrogen-bond donors (Lipinski definition) is 2. The standard InChI is InChI=1S/C16H12ClF2NO3/c17-13-7-5-11(6-8-13)10-1-3-12(4-2-10)14(20-23)9-16(18,19)15(21)22/h1-8,23H,9H2,(H,21,22). The van der Waals surface area contributed by atoms with E-state index in [1.54, 1.807) is 36.4 Å². The molecule has 2 rings (SSSR count). The molecule has 0 heterocycles. The van der Waals surface area contributed by atoms with Gasteiger partial charge in [0, 0.05) is 5.02 Å². The molecule has 0 aromatic heterocycles. The average Bonchev–Trinajstić information content (AvgIpc) is 2.53. The minimum atomic E-state index is -4.00. The summed E-state index contributed by atoms with van der Waals surface area (Å²) in [5, 5.41) is 20.7. The van der Waals surface area contributed by atoms with Crippen molar-refractivity contribution in [2.24, 2.45) is 5.16 Å². The zero-order chi connectivity index (χ0) is 17.0. The van der Waals surface area contributed by atoms with Crippen LogP contribution in [0.3, 0.4) is 0 Å². The molecule has 0 unspecified atom stereocenters. The first-order chi connectivity index (χ1) is 10.8. The Morgan fingerprint density at radius 2 is 1.52 bits per heavy atom. The van der Waals surface area contributed by atoms with Crippen molar-refractivity contribution >= 4 is 23.3 Å². The Labute approximate surface area is 135 Å². The van der Waals surface area contributed by atoms with E-state index in [0.29, 0.717) is 5.02 Å². The molecule has 0 bridgehead atoms. The van der Waals surface area contributed by atoms with Gasteiger partial charge in [0.25, 0.3) is 0 Å². The summed E-state index contributed by atoms with van der Waals surface area (Å²) in [6.07, 6.45) is -1.20. The lowest BCUT2D eigenvalue weighted by Crippen LogP contribution is -2.31. The second kappa shape index (κ2) is 6.75. The second-order valence-electron chi connectivity index (χ2n) is 4.82. The molecule has 0 atom stereocenters. The Bertz CT molecular complexity index is 728. The smallest absolute Gasteiger partial charge is 0.374 e. The van der Waals surface area contributed by atoms with E-state index in [4.69, 9.17) is 21.9 Å². The molecule has 0 aliphatic rings. The SMILES string of the molecule is O=C(O)C(F)(F)CC(=NO)c1ccc(-c2ccc(Cl)cc2)cc1. The van der Waals surface area contributed by atoms with Crippen LogP contribution in [-0.4, -0.2) is 27.9 Å². The molecule has 4 nitrogen and oxygen atoms in total. The summed E-state index contributed by atoms with van der Waals surface area (Å²) in [6.45, 7) is 0. The highest BCUT2D eigenvalue weighted by atomic mass is 35.5. The molecule has 0 amide bonds. The summed E-state index contributed by atoms with van der Waals surface area (Å²) in [5.41, 5.74) is 1.50. The maximum atomic E-state index is 13.2. The summed E-state index contributed by atoms with van der Waals surface area (Å²) >= 11 is 5.81. The summed E-state index contributed by atoms with van der Waals surface area (Å²) in [5.74, 6) is -6.27. The molecular weight excluding hydrogens is 328 g/mol. The number of aliphatic carboxylic acids is 1. The minimum absolute atomic E-state index is 0.214. The van der Waals surface area contributed by atoms with Crippen LogP contribution in [0, 0.1) is 0 Å². The topological polar surface area (TPSA) is 69.9 Å². The van der Waals surface area contributed by atoms with E-state index < -0.39 is 24.0 Å². The van der Waals surface area contributed by atoms with Crippen LogP contribution in [-0.2, 0) is 4.79 Å². The fourth-order valence-electron chi connectivity index (χ4n) is 1.98. The summed E-state index contributed by atoms with van der Waals surface area (Å²) in [6, 6.07) is 13.3. The Morgan fingerprint density at radius 1 is 1.04 bits per heavy atom. The molecule has 0 spiro atoms. The normalized spacial score (nSPS) is 12.2. The van der Waals surface area contributed by atoms with Crippen molar-refractivity contribution in [2.45, 2.75) is 12.3 Å². The molecule has 2 N–H and O–H groups in total. The number of carboxylic acids is 1. The number of hydrogen-bond acceptors (Lipinski definition) is 3. The zero-order valence-corrected chi connectivity index (χ0v) is 12.5. The summed E-state index contributed by atoms with van der Waals surface area (Å²) in [4.78, 5) is 10.5. The first kappa shape index (κ1) is 16.9. The highest BCUT2D eigenvalue weighted by Crippen LogP contribution is 2.25. The average molecular weight is 340 g/mol. The maximum absolute atomic E-state index is 13.2. The first-order valence-electron chi connectivity index (χ1n) is 6.52. The van der Waals surface area contributed by atoms with Gasteiger partial charge in [-0.25, -0.2) is 4.79 Å². The third-order valence-corrected chi connectivity index (χ3v) is 3.47. The van der Waals surface area contributed by atoms with Gasteiger partial charge in [0.05, 0.1) is 12.1 Å². The first-order valence-corrected chi connectivity index (χ1v) is 6.90. The zero-order valence-electron chi connectivity index (χ0n) is 11.7. The molecule has 0 saturated carbocycles. The number of alkyl halides is 2. The second-order valence-corrected chi connectivity index (χ2v) is 5.25. The van der Waals surface area contributed by atoms with Gasteiger partial charge < -0.3 is 10.3 Å². The third kappa shape index (κ3) is 4.04. The summed E-state index contributed by atoms with van der Waals surface area (Å²) < 4.78 is 26.5. The number of oxime groups is 1. The van der Waals surface area contributed by atoms with Gasteiger partial charge in [-0.3, -0.25) is 0 Å². The Morgan fingerprint density at radius 3 is 1.96 bits per heavy atom. The minimum Gasteiger partial charge on any atom is -0.477 e. The largest absolute Gasteiger partial charge is 0.477 e. The van der Waals surface area contributed by atoms with Gasteiger partial charge in [-0.2, -0.15) is 8.78 Å². The van der Waals surface area contributed by atoms with Crippen molar-refractivity contribution in [1.29, 1.82) is 0 Å². The maximum Gasteiger partial charge on any atom is 0.374 e. The van der Waals surface area contributed by atoms with E-state index in [2.05, 4.69) is 5.16 Å². The highest BCUT2D eigenvalue weighted by Gasteiger charge is 2.40. The lowest BCUT2D eigenvalue weighted by atomic mass is 9.99. The van der Waals surface area contributed by atoms with Gasteiger partial charge in [-0.1, -0.05) is 53.2 Å². The van der Waals surface area contributed by atoms with Crippen molar-refractivity contribution < 1.29 is 23.9 Å². The van der Waals surface area contributed by atoms with Crippen LogP contribution in [0.25, 0.3) is 11.1 Å². The van der Waals surface area contributed by atoms with Gasteiger partial charge in [-0.05, 0) is 28.8 Å². The number of rotatable bonds is 5. The van der Waals surface area contributed by atoms with Crippen molar-refractivity contribution in [1.82, 2.24) is 0 Å². The fourth-order valence-corrected chi connectivity index (χ4v) is 2.10. The number of carbonyl (C=O) groups is 1. The van der Waals surface area contributed by atoms with Crippen LogP contribution in [0.15, 0.2) is 53.7 Å². The van der Waals surface area contributed by atoms with Gasteiger partial charge in [-0.15, -0.1) is 0 Å². The molecule has 0 aliphatic carbocycles. The van der Waals surface area contributed by atoms with Crippen LogP contribution < -0.4 is 0 Å². The molecule has 2 aromatic carbocycles. The van der Waals surface area contributed by atoms with Crippen molar-refractivity contribution in [3.8, 4) is 11.1 Å². The van der Waals surface area contributed by atoms with E-state index in [9.17, 15) is 13.6 Å². The van der Waals surface area contributed by atoms with Gasteiger partial charge in [0.2, 0.25) is 0 Å². The van der Waals surface area contributed by atoms with Crippen LogP contribution in [0.1, 0.15) is 12.0 Å². The van der Waals surface area contributed by atoms with Crippen molar-refractivity contribution in [2.75, 3.05) is 0 Å². The fraction of sp³-hybridized carbons (Fsp3) is 0.125. The molecule has 0 fully saturated rings. The van der Waals surface area contributed by atoms with Crippen molar-refractivity contribution in [3.63, 3.8) is 0 Å².